The Morgan fingerprint density at radius 1 is 1.42 bits per heavy atom. The van der Waals surface area contributed by atoms with Crippen molar-refractivity contribution in [2.24, 2.45) is 5.92 Å². The van der Waals surface area contributed by atoms with Gasteiger partial charge in [0.2, 0.25) is 0 Å². The summed E-state index contributed by atoms with van der Waals surface area (Å²) in [7, 11) is 0. The van der Waals surface area contributed by atoms with Crippen LogP contribution in [0.1, 0.15) is 25.3 Å². The van der Waals surface area contributed by atoms with Crippen LogP contribution in [0.3, 0.4) is 0 Å². The molecule has 4 heteroatoms. The summed E-state index contributed by atoms with van der Waals surface area (Å²) in [5.74, 6) is 0.0641. The molecular weight excluding hydrogens is 304 g/mol. The minimum atomic E-state index is -0.130. The van der Waals surface area contributed by atoms with E-state index in [-0.39, 0.29) is 18.4 Å². The van der Waals surface area contributed by atoms with E-state index in [2.05, 4.69) is 32.6 Å². The zero-order valence-electron chi connectivity index (χ0n) is 11.1. The number of benzene rings is 1. The average molecular weight is 321 g/mol. The molecule has 0 aliphatic rings. The third-order valence-electron chi connectivity index (χ3n) is 3.36. The Hall–Kier alpha value is -1.31. The van der Waals surface area contributed by atoms with E-state index in [9.17, 15) is 5.11 Å². The molecule has 1 heterocycles. The minimum absolute atomic E-state index is 0.130. The van der Waals surface area contributed by atoms with Crippen LogP contribution >= 0.6 is 15.9 Å². The monoisotopic (exact) mass is 320 g/mol. The van der Waals surface area contributed by atoms with Gasteiger partial charge in [0, 0.05) is 34.7 Å². The molecule has 0 saturated carbocycles. The van der Waals surface area contributed by atoms with Crippen molar-refractivity contribution in [1.29, 1.82) is 5.26 Å². The van der Waals surface area contributed by atoms with Gasteiger partial charge in [-0.15, -0.1) is 0 Å². The first-order valence-electron chi connectivity index (χ1n) is 6.35. The molecule has 0 fully saturated rings. The van der Waals surface area contributed by atoms with E-state index >= 15 is 0 Å². The molecule has 2 rings (SSSR count). The number of nitrogens with zero attached hydrogens (tertiary/aromatic N) is 2. The standard InChI is InChI=1S/C15H17BrN2O/c1-10(9-19)7-18-8-14(11(2)6-17)13-4-3-12(16)5-15(13)18/h3-5,8,10-11,19H,7,9H2,1-2H3/t10-,11?/m0/s1. The minimum Gasteiger partial charge on any atom is -0.396 e. The van der Waals surface area contributed by atoms with Gasteiger partial charge in [-0.3, -0.25) is 0 Å². The lowest BCUT2D eigenvalue weighted by atomic mass is 10.0. The largest absolute Gasteiger partial charge is 0.396 e. The lowest BCUT2D eigenvalue weighted by Crippen LogP contribution is -2.10. The topological polar surface area (TPSA) is 49.0 Å². The Morgan fingerprint density at radius 2 is 2.16 bits per heavy atom. The zero-order valence-corrected chi connectivity index (χ0v) is 12.7. The number of nitriles is 1. The van der Waals surface area contributed by atoms with Crippen molar-refractivity contribution < 1.29 is 5.11 Å². The fraction of sp³-hybridized carbons (Fsp3) is 0.400. The second-order valence-electron chi connectivity index (χ2n) is 5.04. The van der Waals surface area contributed by atoms with Crippen molar-refractivity contribution in [2.45, 2.75) is 26.3 Å². The highest BCUT2D eigenvalue weighted by atomic mass is 79.9. The van der Waals surface area contributed by atoms with Crippen LogP contribution in [0.25, 0.3) is 10.9 Å². The molecule has 2 atom stereocenters. The van der Waals surface area contributed by atoms with E-state index in [1.807, 2.05) is 32.2 Å². The lowest BCUT2D eigenvalue weighted by molar-refractivity contribution is 0.224. The maximum absolute atomic E-state index is 9.21. The second kappa shape index (κ2) is 5.77. The van der Waals surface area contributed by atoms with Crippen molar-refractivity contribution >= 4 is 26.8 Å². The number of rotatable bonds is 4. The van der Waals surface area contributed by atoms with Crippen LogP contribution in [0.2, 0.25) is 0 Å². The SMILES string of the molecule is CC(C#N)c1cn(C[C@H](C)CO)c2cc(Br)ccc12. The van der Waals surface area contributed by atoms with Gasteiger partial charge in [0.05, 0.1) is 12.0 Å². The molecule has 0 spiro atoms. The van der Waals surface area contributed by atoms with Gasteiger partial charge in [-0.1, -0.05) is 28.9 Å². The van der Waals surface area contributed by atoms with E-state index in [1.54, 1.807) is 0 Å². The summed E-state index contributed by atoms with van der Waals surface area (Å²) >= 11 is 3.49. The maximum atomic E-state index is 9.21. The van der Waals surface area contributed by atoms with E-state index < -0.39 is 0 Å². The first-order valence-corrected chi connectivity index (χ1v) is 7.15. The summed E-state index contributed by atoms with van der Waals surface area (Å²) in [4.78, 5) is 0. The number of aliphatic hydroxyl groups is 1. The summed E-state index contributed by atoms with van der Waals surface area (Å²) in [6.07, 6.45) is 2.04. The Balaban J connectivity index is 2.57. The molecule has 100 valence electrons. The van der Waals surface area contributed by atoms with Crippen molar-refractivity contribution in [3.63, 3.8) is 0 Å². The van der Waals surface area contributed by atoms with Gasteiger partial charge in [-0.05, 0) is 30.5 Å². The molecule has 1 N–H and O–H groups in total. The molecule has 0 aliphatic carbocycles. The average Bonchev–Trinajstić information content (AvgIpc) is 2.76. The molecule has 2 aromatic rings. The molecule has 0 radical (unpaired) electrons. The summed E-state index contributed by atoms with van der Waals surface area (Å²) < 4.78 is 3.15. The number of hydrogen-bond donors (Lipinski definition) is 1. The van der Waals surface area contributed by atoms with Crippen LogP contribution in [0.4, 0.5) is 0 Å². The predicted molar refractivity (Wildman–Crippen MR) is 79.9 cm³/mol. The van der Waals surface area contributed by atoms with Gasteiger partial charge >= 0.3 is 0 Å². The predicted octanol–water partition coefficient (Wildman–Crippen LogP) is 3.66. The molecule has 0 saturated heterocycles. The molecule has 1 aromatic heterocycles. The molecule has 0 bridgehead atoms. The highest BCUT2D eigenvalue weighted by Gasteiger charge is 2.15. The Kier molecular flexibility index (Phi) is 4.28. The molecule has 1 aromatic carbocycles. The van der Waals surface area contributed by atoms with E-state index in [4.69, 9.17) is 5.26 Å². The third-order valence-corrected chi connectivity index (χ3v) is 3.85. The highest BCUT2D eigenvalue weighted by molar-refractivity contribution is 9.10. The van der Waals surface area contributed by atoms with Crippen molar-refractivity contribution in [3.05, 3.63) is 34.4 Å². The summed E-state index contributed by atoms with van der Waals surface area (Å²) in [5, 5.41) is 19.5. The molecule has 0 aliphatic heterocycles. The van der Waals surface area contributed by atoms with Crippen molar-refractivity contribution in [3.8, 4) is 6.07 Å². The van der Waals surface area contributed by atoms with Gasteiger partial charge in [-0.25, -0.2) is 0 Å². The smallest absolute Gasteiger partial charge is 0.0705 e. The van der Waals surface area contributed by atoms with E-state index in [0.717, 1.165) is 27.5 Å². The Labute approximate surface area is 121 Å². The number of aliphatic hydroxyl groups excluding tert-OH is 1. The second-order valence-corrected chi connectivity index (χ2v) is 5.95. The molecule has 3 nitrogen and oxygen atoms in total. The maximum Gasteiger partial charge on any atom is 0.0705 e. The molecule has 19 heavy (non-hydrogen) atoms. The van der Waals surface area contributed by atoms with Gasteiger partial charge in [0.15, 0.2) is 0 Å². The molecule has 0 amide bonds. The normalized spacial score (nSPS) is 14.3. The summed E-state index contributed by atoms with van der Waals surface area (Å²) in [6.45, 7) is 4.84. The van der Waals surface area contributed by atoms with Crippen LogP contribution in [-0.4, -0.2) is 16.3 Å². The van der Waals surface area contributed by atoms with Crippen LogP contribution in [-0.2, 0) is 6.54 Å². The zero-order chi connectivity index (χ0) is 14.0. The van der Waals surface area contributed by atoms with E-state index in [1.165, 1.54) is 0 Å². The summed E-state index contributed by atoms with van der Waals surface area (Å²) in [5.41, 5.74) is 2.15. The van der Waals surface area contributed by atoms with Gasteiger partial charge < -0.3 is 9.67 Å². The first kappa shape index (κ1) is 14.1. The number of fused-ring (bicyclic) bond motifs is 1. The van der Waals surface area contributed by atoms with Crippen LogP contribution < -0.4 is 0 Å². The van der Waals surface area contributed by atoms with Gasteiger partial charge in [0.25, 0.3) is 0 Å². The van der Waals surface area contributed by atoms with Crippen LogP contribution in [0.5, 0.6) is 0 Å². The van der Waals surface area contributed by atoms with Gasteiger partial charge in [-0.2, -0.15) is 5.26 Å². The lowest BCUT2D eigenvalue weighted by Gasteiger charge is -2.10. The van der Waals surface area contributed by atoms with Crippen molar-refractivity contribution in [2.75, 3.05) is 6.61 Å². The number of halogens is 1. The van der Waals surface area contributed by atoms with E-state index in [0.29, 0.717) is 0 Å². The van der Waals surface area contributed by atoms with Crippen LogP contribution in [0.15, 0.2) is 28.9 Å². The Morgan fingerprint density at radius 3 is 2.79 bits per heavy atom. The molecule has 1 unspecified atom stereocenters. The van der Waals surface area contributed by atoms with Crippen LogP contribution in [0, 0.1) is 17.2 Å². The quantitative estimate of drug-likeness (QED) is 0.934. The number of hydrogen-bond acceptors (Lipinski definition) is 2. The highest BCUT2D eigenvalue weighted by Crippen LogP contribution is 2.30. The van der Waals surface area contributed by atoms with Gasteiger partial charge in [0.1, 0.15) is 0 Å². The third kappa shape index (κ3) is 2.83. The summed E-state index contributed by atoms with van der Waals surface area (Å²) in [6, 6.07) is 8.40. The number of aromatic nitrogens is 1. The Bertz CT molecular complexity index is 627. The van der Waals surface area contributed by atoms with Crippen molar-refractivity contribution in [1.82, 2.24) is 4.57 Å². The fourth-order valence-electron chi connectivity index (χ4n) is 2.25. The molecular formula is C15H17BrN2O. The fourth-order valence-corrected chi connectivity index (χ4v) is 2.60. The first-order chi connectivity index (χ1) is 9.06.